The van der Waals surface area contributed by atoms with Crippen molar-refractivity contribution in [3.63, 3.8) is 0 Å². The number of anilines is 1. The summed E-state index contributed by atoms with van der Waals surface area (Å²) in [6.07, 6.45) is 2.24. The summed E-state index contributed by atoms with van der Waals surface area (Å²) in [5.41, 5.74) is 5.89. The lowest BCUT2D eigenvalue weighted by atomic mass is 10.3. The van der Waals surface area contributed by atoms with Gasteiger partial charge in [0.25, 0.3) is 0 Å². The van der Waals surface area contributed by atoms with E-state index in [1.54, 1.807) is 6.20 Å². The second-order valence-electron chi connectivity index (χ2n) is 3.76. The van der Waals surface area contributed by atoms with Crippen molar-refractivity contribution in [2.24, 2.45) is 0 Å². The van der Waals surface area contributed by atoms with Crippen molar-refractivity contribution < 1.29 is 8.42 Å². The number of sulfonamides is 1. The molecule has 1 aromatic heterocycles. The maximum absolute atomic E-state index is 12.0. The minimum Gasteiger partial charge on any atom is -0.398 e. The average Bonchev–Trinajstić information content (AvgIpc) is 2.85. The summed E-state index contributed by atoms with van der Waals surface area (Å²) in [5, 5.41) is 2.96. The van der Waals surface area contributed by atoms with E-state index >= 15 is 0 Å². The largest absolute Gasteiger partial charge is 0.398 e. The highest BCUT2D eigenvalue weighted by atomic mass is 35.5. The molecular weight excluding hydrogens is 306 g/mol. The van der Waals surface area contributed by atoms with Crippen LogP contribution in [0.25, 0.3) is 0 Å². The molecule has 2 aromatic rings. The van der Waals surface area contributed by atoms with Crippen LogP contribution >= 0.6 is 22.9 Å². The molecular formula is C11H12ClN3O2S2. The van der Waals surface area contributed by atoms with Crippen LogP contribution in [0.5, 0.6) is 0 Å². The first-order valence-electron chi connectivity index (χ1n) is 5.42. The van der Waals surface area contributed by atoms with Gasteiger partial charge in [-0.1, -0.05) is 11.6 Å². The van der Waals surface area contributed by atoms with Crippen molar-refractivity contribution in [1.82, 2.24) is 9.71 Å². The van der Waals surface area contributed by atoms with Crippen molar-refractivity contribution in [1.29, 1.82) is 0 Å². The molecule has 0 amide bonds. The molecule has 0 fully saturated rings. The lowest BCUT2D eigenvalue weighted by molar-refractivity contribution is 0.581. The van der Waals surface area contributed by atoms with Gasteiger partial charge in [-0.2, -0.15) is 0 Å². The summed E-state index contributed by atoms with van der Waals surface area (Å²) in [6, 6.07) is 4.23. The Kier molecular flexibility index (Phi) is 4.41. The molecule has 0 aliphatic rings. The number of hydrogen-bond acceptors (Lipinski definition) is 5. The number of nitrogens with two attached hydrogens (primary N) is 1. The Bertz CT molecular complexity index is 657. The Hall–Kier alpha value is -1.15. The van der Waals surface area contributed by atoms with Crippen LogP contribution in [0.1, 0.15) is 5.01 Å². The van der Waals surface area contributed by atoms with Gasteiger partial charge in [-0.15, -0.1) is 11.3 Å². The lowest BCUT2D eigenvalue weighted by Gasteiger charge is -2.07. The van der Waals surface area contributed by atoms with Gasteiger partial charge in [0.15, 0.2) is 0 Å². The fourth-order valence-electron chi connectivity index (χ4n) is 1.43. The predicted molar refractivity (Wildman–Crippen MR) is 76.9 cm³/mol. The van der Waals surface area contributed by atoms with E-state index in [0.717, 1.165) is 5.01 Å². The topological polar surface area (TPSA) is 85.1 Å². The summed E-state index contributed by atoms with van der Waals surface area (Å²) >= 11 is 7.30. The predicted octanol–water partition coefficient (Wildman–Crippen LogP) is 1.90. The number of thiazole rings is 1. The van der Waals surface area contributed by atoms with Crippen LogP contribution in [0.15, 0.2) is 34.7 Å². The van der Waals surface area contributed by atoms with Crippen molar-refractivity contribution in [2.45, 2.75) is 11.3 Å². The third-order valence-corrected chi connectivity index (χ3v) is 5.02. The molecule has 0 bridgehead atoms. The second kappa shape index (κ2) is 5.87. The van der Waals surface area contributed by atoms with E-state index in [4.69, 9.17) is 17.3 Å². The van der Waals surface area contributed by atoms with Crippen molar-refractivity contribution in [3.05, 3.63) is 39.8 Å². The number of nitrogen functional groups attached to an aromatic ring is 1. The van der Waals surface area contributed by atoms with Crippen LogP contribution in [0.3, 0.4) is 0 Å². The summed E-state index contributed by atoms with van der Waals surface area (Å²) in [4.78, 5) is 4.18. The minimum absolute atomic E-state index is 0.103. The first kappa shape index (κ1) is 14.3. The maximum Gasteiger partial charge on any atom is 0.240 e. The van der Waals surface area contributed by atoms with E-state index in [0.29, 0.717) is 12.1 Å². The number of nitrogens with zero attached hydrogens (tertiary/aromatic N) is 1. The molecule has 3 N–H and O–H groups in total. The summed E-state index contributed by atoms with van der Waals surface area (Å²) in [5.74, 6) is 0. The summed E-state index contributed by atoms with van der Waals surface area (Å²) in [7, 11) is -3.57. The molecule has 0 unspecified atom stereocenters. The number of nitrogens with one attached hydrogen (secondary N) is 1. The third-order valence-electron chi connectivity index (χ3n) is 2.40. The normalized spacial score (nSPS) is 11.6. The van der Waals surface area contributed by atoms with Gasteiger partial charge < -0.3 is 5.73 Å². The van der Waals surface area contributed by atoms with E-state index < -0.39 is 10.0 Å². The van der Waals surface area contributed by atoms with E-state index in [1.165, 1.54) is 29.5 Å². The quantitative estimate of drug-likeness (QED) is 0.825. The Labute approximate surface area is 120 Å². The van der Waals surface area contributed by atoms with Gasteiger partial charge in [0.05, 0.1) is 20.6 Å². The van der Waals surface area contributed by atoms with Crippen molar-refractivity contribution in [3.8, 4) is 0 Å². The Balaban J connectivity index is 2.03. The molecule has 0 radical (unpaired) electrons. The van der Waals surface area contributed by atoms with Gasteiger partial charge in [0.2, 0.25) is 10.0 Å². The Morgan fingerprint density at radius 2 is 2.21 bits per heavy atom. The van der Waals surface area contributed by atoms with Crippen LogP contribution in [-0.4, -0.2) is 19.9 Å². The highest BCUT2D eigenvalue weighted by Crippen LogP contribution is 2.22. The maximum atomic E-state index is 12.0. The fourth-order valence-corrected chi connectivity index (χ4v) is 3.35. The first-order chi connectivity index (χ1) is 8.99. The number of aromatic nitrogens is 1. The number of hydrogen-bond donors (Lipinski definition) is 2. The van der Waals surface area contributed by atoms with E-state index in [2.05, 4.69) is 9.71 Å². The van der Waals surface area contributed by atoms with E-state index in [9.17, 15) is 8.42 Å². The van der Waals surface area contributed by atoms with Gasteiger partial charge in [-0.25, -0.2) is 18.1 Å². The smallest absolute Gasteiger partial charge is 0.240 e. The minimum atomic E-state index is -3.57. The second-order valence-corrected chi connectivity index (χ2v) is 6.91. The Morgan fingerprint density at radius 1 is 1.42 bits per heavy atom. The molecule has 0 aliphatic carbocycles. The van der Waals surface area contributed by atoms with Crippen LogP contribution in [-0.2, 0) is 16.4 Å². The zero-order valence-corrected chi connectivity index (χ0v) is 12.2. The van der Waals surface area contributed by atoms with E-state index in [-0.39, 0.29) is 16.5 Å². The van der Waals surface area contributed by atoms with Gasteiger partial charge in [-0.05, 0) is 18.2 Å². The van der Waals surface area contributed by atoms with Gasteiger partial charge in [0, 0.05) is 24.5 Å². The molecule has 8 heteroatoms. The molecule has 102 valence electrons. The SMILES string of the molecule is Nc1ccc(S(=O)(=O)NCCc2nccs2)cc1Cl. The monoisotopic (exact) mass is 317 g/mol. The van der Waals surface area contributed by atoms with Crippen LogP contribution in [0, 0.1) is 0 Å². The first-order valence-corrected chi connectivity index (χ1v) is 8.16. The number of rotatable bonds is 5. The molecule has 0 saturated heterocycles. The number of benzene rings is 1. The molecule has 5 nitrogen and oxygen atoms in total. The molecule has 1 heterocycles. The van der Waals surface area contributed by atoms with Gasteiger partial charge in [0.1, 0.15) is 0 Å². The molecule has 1 aromatic carbocycles. The lowest BCUT2D eigenvalue weighted by Crippen LogP contribution is -2.26. The third kappa shape index (κ3) is 3.66. The van der Waals surface area contributed by atoms with Crippen molar-refractivity contribution in [2.75, 3.05) is 12.3 Å². The number of halogens is 1. The molecule has 0 aliphatic heterocycles. The highest BCUT2D eigenvalue weighted by molar-refractivity contribution is 7.89. The molecule has 2 rings (SSSR count). The average molecular weight is 318 g/mol. The zero-order valence-electron chi connectivity index (χ0n) is 9.84. The van der Waals surface area contributed by atoms with E-state index in [1.807, 2.05) is 5.38 Å². The van der Waals surface area contributed by atoms with Crippen LogP contribution < -0.4 is 10.5 Å². The standard InChI is InChI=1S/C11H12ClN3O2S2/c12-9-7-8(1-2-10(9)13)19(16,17)15-4-3-11-14-5-6-18-11/h1-2,5-7,15H,3-4,13H2. The van der Waals surface area contributed by atoms with Crippen LogP contribution in [0.4, 0.5) is 5.69 Å². The molecule has 0 atom stereocenters. The molecule has 19 heavy (non-hydrogen) atoms. The van der Waals surface area contributed by atoms with Crippen LogP contribution in [0.2, 0.25) is 5.02 Å². The zero-order chi connectivity index (χ0) is 13.9. The fraction of sp³-hybridized carbons (Fsp3) is 0.182. The Morgan fingerprint density at radius 3 is 2.84 bits per heavy atom. The summed E-state index contributed by atoms with van der Waals surface area (Å²) in [6.45, 7) is 0.290. The van der Waals surface area contributed by atoms with Gasteiger partial charge >= 0.3 is 0 Å². The van der Waals surface area contributed by atoms with Gasteiger partial charge in [-0.3, -0.25) is 0 Å². The van der Waals surface area contributed by atoms with Crippen molar-refractivity contribution >= 4 is 38.6 Å². The summed E-state index contributed by atoms with van der Waals surface area (Å²) < 4.78 is 26.5. The molecule has 0 saturated carbocycles. The highest BCUT2D eigenvalue weighted by Gasteiger charge is 2.14. The molecule has 0 spiro atoms.